The van der Waals surface area contributed by atoms with Gasteiger partial charge >= 0.3 is 0 Å². The molecule has 2 aromatic rings. The molecule has 0 aromatic carbocycles. The summed E-state index contributed by atoms with van der Waals surface area (Å²) < 4.78 is 0. The number of hydrogen-bond acceptors (Lipinski definition) is 5. The molecule has 1 saturated carbocycles. The quantitative estimate of drug-likeness (QED) is 0.914. The zero-order chi connectivity index (χ0) is 17.2. The summed E-state index contributed by atoms with van der Waals surface area (Å²) >= 11 is 1.39. The third kappa shape index (κ3) is 3.42. The number of nitrogens with zero attached hydrogens (tertiary/aromatic N) is 3. The predicted octanol–water partition coefficient (Wildman–Crippen LogP) is 2.93. The van der Waals surface area contributed by atoms with Gasteiger partial charge in [-0.05, 0) is 25.0 Å². The van der Waals surface area contributed by atoms with Crippen LogP contribution >= 0.6 is 11.3 Å². The van der Waals surface area contributed by atoms with Gasteiger partial charge in [0, 0.05) is 42.3 Å². The number of thiazole rings is 1. The maximum Gasteiger partial charge on any atom is 0.231 e. The van der Waals surface area contributed by atoms with Crippen LogP contribution in [-0.4, -0.2) is 39.3 Å². The molecule has 1 saturated heterocycles. The van der Waals surface area contributed by atoms with Crippen molar-refractivity contribution in [3.8, 4) is 11.3 Å². The number of anilines is 1. The predicted molar refractivity (Wildman–Crippen MR) is 96.1 cm³/mol. The Bertz CT molecular complexity index is 770. The first-order valence-corrected chi connectivity index (χ1v) is 9.55. The minimum Gasteiger partial charge on any atom is -0.339 e. The molecule has 0 spiro atoms. The number of aromatic nitrogens is 2. The molecule has 0 radical (unpaired) electrons. The van der Waals surface area contributed by atoms with Crippen LogP contribution < -0.4 is 5.32 Å². The summed E-state index contributed by atoms with van der Waals surface area (Å²) in [4.78, 5) is 35.2. The van der Waals surface area contributed by atoms with Crippen LogP contribution in [0.5, 0.6) is 0 Å². The van der Waals surface area contributed by atoms with Gasteiger partial charge in [0.25, 0.3) is 0 Å². The molecule has 2 aromatic heterocycles. The number of likely N-dealkylation sites (tertiary alicyclic amines) is 1. The van der Waals surface area contributed by atoms with Crippen LogP contribution in [0.2, 0.25) is 0 Å². The fraction of sp³-hybridized carbons (Fsp3) is 0.444. The number of hydrogen-bond donors (Lipinski definition) is 1. The van der Waals surface area contributed by atoms with Crippen molar-refractivity contribution in [3.05, 3.63) is 29.9 Å². The van der Waals surface area contributed by atoms with Gasteiger partial charge in [0.15, 0.2) is 5.13 Å². The Hall–Kier alpha value is -2.28. The topological polar surface area (TPSA) is 75.2 Å². The summed E-state index contributed by atoms with van der Waals surface area (Å²) in [6.07, 6.45) is 8.27. The highest BCUT2D eigenvalue weighted by Gasteiger charge is 2.38. The fourth-order valence-corrected chi connectivity index (χ4v) is 4.38. The molecule has 7 heteroatoms. The van der Waals surface area contributed by atoms with Crippen molar-refractivity contribution >= 4 is 28.3 Å². The van der Waals surface area contributed by atoms with Gasteiger partial charge in [-0.3, -0.25) is 14.6 Å². The van der Waals surface area contributed by atoms with E-state index in [0.717, 1.165) is 24.1 Å². The van der Waals surface area contributed by atoms with Crippen molar-refractivity contribution in [1.82, 2.24) is 14.9 Å². The monoisotopic (exact) mass is 356 g/mol. The van der Waals surface area contributed by atoms with E-state index >= 15 is 0 Å². The Labute approximate surface area is 150 Å². The third-order valence-electron chi connectivity index (χ3n) is 4.99. The number of carbonyl (C=O) groups is 2. The highest BCUT2D eigenvalue weighted by atomic mass is 32.1. The second kappa shape index (κ2) is 6.92. The van der Waals surface area contributed by atoms with Gasteiger partial charge in [-0.1, -0.05) is 12.8 Å². The molecule has 130 valence electrons. The summed E-state index contributed by atoms with van der Waals surface area (Å²) in [6.45, 7) is 0.538. The van der Waals surface area contributed by atoms with Crippen LogP contribution in [0, 0.1) is 5.92 Å². The second-order valence-electron chi connectivity index (χ2n) is 6.65. The molecule has 2 fully saturated rings. The zero-order valence-electron chi connectivity index (χ0n) is 13.9. The first kappa shape index (κ1) is 16.2. The lowest BCUT2D eigenvalue weighted by molar-refractivity contribution is -0.129. The van der Waals surface area contributed by atoms with E-state index in [1.54, 1.807) is 12.4 Å². The van der Waals surface area contributed by atoms with Gasteiger partial charge in [-0.2, -0.15) is 0 Å². The average Bonchev–Trinajstić information content (AvgIpc) is 3.35. The molecule has 0 bridgehead atoms. The molecule has 1 aliphatic carbocycles. The molecule has 2 amide bonds. The smallest absolute Gasteiger partial charge is 0.231 e. The van der Waals surface area contributed by atoms with E-state index in [9.17, 15) is 9.59 Å². The van der Waals surface area contributed by atoms with Crippen molar-refractivity contribution in [3.63, 3.8) is 0 Å². The van der Waals surface area contributed by atoms with Crippen LogP contribution in [0.1, 0.15) is 32.1 Å². The van der Waals surface area contributed by atoms with E-state index in [1.807, 2.05) is 22.4 Å². The Kier molecular flexibility index (Phi) is 4.48. The molecule has 0 unspecified atom stereocenters. The first-order valence-electron chi connectivity index (χ1n) is 8.67. The molecule has 1 atom stereocenters. The number of nitrogens with one attached hydrogen (secondary N) is 1. The minimum atomic E-state index is -0.279. The van der Waals surface area contributed by atoms with Crippen LogP contribution in [0.25, 0.3) is 11.3 Å². The number of amides is 2. The van der Waals surface area contributed by atoms with Gasteiger partial charge in [0.2, 0.25) is 11.8 Å². The van der Waals surface area contributed by atoms with Gasteiger partial charge in [-0.25, -0.2) is 4.98 Å². The summed E-state index contributed by atoms with van der Waals surface area (Å²) in [7, 11) is 0. The van der Waals surface area contributed by atoms with Crippen molar-refractivity contribution in [2.75, 3.05) is 11.9 Å². The van der Waals surface area contributed by atoms with Crippen LogP contribution in [-0.2, 0) is 9.59 Å². The lowest BCUT2D eigenvalue weighted by Crippen LogP contribution is -2.35. The Morgan fingerprint density at radius 1 is 1.32 bits per heavy atom. The summed E-state index contributed by atoms with van der Waals surface area (Å²) in [5.74, 6) is -0.276. The zero-order valence-corrected chi connectivity index (χ0v) is 14.7. The lowest BCUT2D eigenvalue weighted by Gasteiger charge is -2.23. The van der Waals surface area contributed by atoms with E-state index in [-0.39, 0.29) is 17.7 Å². The molecule has 1 N–H and O–H groups in total. The van der Waals surface area contributed by atoms with E-state index < -0.39 is 0 Å². The molecular weight excluding hydrogens is 336 g/mol. The highest BCUT2D eigenvalue weighted by molar-refractivity contribution is 7.14. The van der Waals surface area contributed by atoms with Gasteiger partial charge in [0.1, 0.15) is 0 Å². The molecule has 1 aliphatic heterocycles. The minimum absolute atomic E-state index is 0.110. The van der Waals surface area contributed by atoms with Crippen LogP contribution in [0.4, 0.5) is 5.13 Å². The number of pyridine rings is 1. The van der Waals surface area contributed by atoms with E-state index in [1.165, 1.54) is 24.2 Å². The largest absolute Gasteiger partial charge is 0.339 e. The average molecular weight is 356 g/mol. The molecule has 3 heterocycles. The SMILES string of the molecule is O=C(Nc1nc(-c2cccnc2)cs1)[C@@H]1CC(=O)N(C2CCCC2)C1. The summed E-state index contributed by atoms with van der Waals surface area (Å²) in [6, 6.07) is 4.12. The molecule has 25 heavy (non-hydrogen) atoms. The lowest BCUT2D eigenvalue weighted by atomic mass is 10.1. The third-order valence-corrected chi connectivity index (χ3v) is 5.74. The van der Waals surface area contributed by atoms with Crippen LogP contribution in [0.15, 0.2) is 29.9 Å². The maximum atomic E-state index is 12.5. The van der Waals surface area contributed by atoms with E-state index in [4.69, 9.17) is 0 Å². The maximum absolute atomic E-state index is 12.5. The van der Waals surface area contributed by atoms with Crippen molar-refractivity contribution in [2.24, 2.45) is 5.92 Å². The standard InChI is InChI=1S/C18H20N4O2S/c23-16-8-13(10-22(16)14-5-1-2-6-14)17(24)21-18-20-15(11-25-18)12-4-3-7-19-9-12/h3-4,7,9,11,13-14H,1-2,5-6,8,10H2,(H,20,21,24)/t13-/m1/s1. The van der Waals surface area contributed by atoms with Crippen molar-refractivity contribution in [1.29, 1.82) is 0 Å². The number of carbonyl (C=O) groups excluding carboxylic acids is 2. The van der Waals surface area contributed by atoms with Crippen molar-refractivity contribution < 1.29 is 9.59 Å². The highest BCUT2D eigenvalue weighted by Crippen LogP contribution is 2.30. The van der Waals surface area contributed by atoms with Gasteiger partial charge in [0.05, 0.1) is 11.6 Å². The molecular formula is C18H20N4O2S. The van der Waals surface area contributed by atoms with E-state index in [2.05, 4.69) is 15.3 Å². The van der Waals surface area contributed by atoms with Gasteiger partial charge in [-0.15, -0.1) is 11.3 Å². The fourth-order valence-electron chi connectivity index (χ4n) is 3.66. The second-order valence-corrected chi connectivity index (χ2v) is 7.51. The number of rotatable bonds is 4. The summed E-state index contributed by atoms with van der Waals surface area (Å²) in [5.41, 5.74) is 1.71. The van der Waals surface area contributed by atoms with E-state index in [0.29, 0.717) is 24.1 Å². The molecule has 4 rings (SSSR count). The Balaban J connectivity index is 1.39. The molecule has 6 nitrogen and oxygen atoms in total. The normalized spacial score (nSPS) is 21.0. The van der Waals surface area contributed by atoms with Crippen molar-refractivity contribution in [2.45, 2.75) is 38.1 Å². The Morgan fingerprint density at radius 2 is 2.16 bits per heavy atom. The first-order chi connectivity index (χ1) is 12.2. The Morgan fingerprint density at radius 3 is 2.92 bits per heavy atom. The van der Waals surface area contributed by atoms with Gasteiger partial charge < -0.3 is 10.2 Å². The van der Waals surface area contributed by atoms with Crippen LogP contribution in [0.3, 0.4) is 0 Å². The molecule has 2 aliphatic rings. The summed E-state index contributed by atoms with van der Waals surface area (Å²) in [5, 5.41) is 5.34.